The molecule has 1 aliphatic rings. The van der Waals surface area contributed by atoms with Crippen LogP contribution in [0.5, 0.6) is 0 Å². The highest BCUT2D eigenvalue weighted by atomic mass is 35.5. The second kappa shape index (κ2) is 9.74. The van der Waals surface area contributed by atoms with Gasteiger partial charge in [-0.2, -0.15) is 26.7 Å². The van der Waals surface area contributed by atoms with Gasteiger partial charge in [0.2, 0.25) is 0 Å². The van der Waals surface area contributed by atoms with Crippen molar-refractivity contribution in [3.8, 4) is 0 Å². The van der Waals surface area contributed by atoms with Crippen molar-refractivity contribution in [3.63, 3.8) is 0 Å². The topological polar surface area (TPSA) is 99.4 Å². The maximum atomic E-state index is 14.7. The summed E-state index contributed by atoms with van der Waals surface area (Å²) in [4.78, 5) is 16.5. The van der Waals surface area contributed by atoms with Crippen molar-refractivity contribution in [2.45, 2.75) is 18.5 Å². The quantitative estimate of drug-likeness (QED) is 0.455. The van der Waals surface area contributed by atoms with Gasteiger partial charge in [0.05, 0.1) is 23.8 Å². The normalized spacial score (nSPS) is 14.6. The number of hydrogen-bond acceptors (Lipinski definition) is 6. The van der Waals surface area contributed by atoms with Crippen molar-refractivity contribution in [1.82, 2.24) is 19.0 Å². The van der Waals surface area contributed by atoms with E-state index in [0.717, 1.165) is 15.5 Å². The maximum absolute atomic E-state index is 14.7. The minimum atomic E-state index is -5.62. The number of hydrogen-bond donors (Lipinski definition) is 1. The van der Waals surface area contributed by atoms with E-state index in [1.165, 1.54) is 30.5 Å². The Balaban J connectivity index is 1.48. The molecule has 0 spiro atoms. The van der Waals surface area contributed by atoms with E-state index in [2.05, 4.69) is 15.4 Å². The summed E-state index contributed by atoms with van der Waals surface area (Å²) in [5.41, 5.74) is -6.57. The molecule has 0 radical (unpaired) electrons. The Bertz CT molecular complexity index is 1490. The van der Waals surface area contributed by atoms with E-state index < -0.39 is 51.6 Å². The molecule has 9 nitrogen and oxygen atoms in total. The van der Waals surface area contributed by atoms with Crippen molar-refractivity contribution in [2.24, 2.45) is 5.10 Å². The zero-order valence-corrected chi connectivity index (χ0v) is 19.8. The van der Waals surface area contributed by atoms with Crippen LogP contribution in [0.1, 0.15) is 28.2 Å². The number of aromatic nitrogens is 2. The fraction of sp³-hybridized carbons (Fsp3) is 0.250. The van der Waals surface area contributed by atoms with Crippen LogP contribution >= 0.6 is 11.6 Å². The number of imidazole rings is 1. The number of fused-ring (bicyclic) bond motifs is 1. The van der Waals surface area contributed by atoms with E-state index in [0.29, 0.717) is 6.34 Å². The van der Waals surface area contributed by atoms with Crippen molar-refractivity contribution in [1.29, 1.82) is 0 Å². The van der Waals surface area contributed by atoms with Gasteiger partial charge in [0, 0.05) is 12.7 Å². The third-order valence-corrected chi connectivity index (χ3v) is 6.93. The molecule has 1 N–H and O–H groups in total. The van der Waals surface area contributed by atoms with E-state index in [9.17, 15) is 39.6 Å². The number of rotatable bonds is 6. The lowest BCUT2D eigenvalue weighted by atomic mass is 10.2. The van der Waals surface area contributed by atoms with Gasteiger partial charge in [-0.3, -0.25) is 14.2 Å². The molecule has 37 heavy (non-hydrogen) atoms. The van der Waals surface area contributed by atoms with E-state index in [4.69, 9.17) is 11.6 Å². The number of benzene rings is 1. The van der Waals surface area contributed by atoms with Gasteiger partial charge < -0.3 is 5.32 Å². The molecule has 1 aliphatic heterocycles. The molecule has 17 heteroatoms. The molecule has 0 saturated heterocycles. The summed E-state index contributed by atoms with van der Waals surface area (Å²) in [6.07, 6.45) is -1.37. The van der Waals surface area contributed by atoms with Gasteiger partial charge in [-0.1, -0.05) is 17.7 Å². The number of carbonyl (C=O) groups excluding carboxylic acids is 1. The Morgan fingerprint density at radius 2 is 1.89 bits per heavy atom. The van der Waals surface area contributed by atoms with Crippen LogP contribution in [0.25, 0.3) is 5.65 Å². The van der Waals surface area contributed by atoms with Crippen LogP contribution in [0.15, 0.2) is 41.6 Å². The lowest BCUT2D eigenvalue weighted by Gasteiger charge is -2.29. The van der Waals surface area contributed by atoms with E-state index in [1.807, 2.05) is 0 Å². The highest BCUT2D eigenvalue weighted by Crippen LogP contribution is 2.29. The lowest BCUT2D eigenvalue weighted by Crippen LogP contribution is -2.46. The molecule has 0 bridgehead atoms. The molecule has 0 unspecified atom stereocenters. The van der Waals surface area contributed by atoms with Gasteiger partial charge >= 0.3 is 15.5 Å². The second-order valence-corrected chi connectivity index (χ2v) is 9.92. The summed E-state index contributed by atoms with van der Waals surface area (Å²) < 4.78 is 104. The number of anilines is 1. The molecule has 2 aromatic heterocycles. The number of halogens is 7. The van der Waals surface area contributed by atoms with E-state index in [-0.39, 0.29) is 39.3 Å². The number of hydrazone groups is 1. The molecule has 0 atom stereocenters. The fourth-order valence-electron chi connectivity index (χ4n) is 3.48. The highest BCUT2D eigenvalue weighted by molar-refractivity contribution is 7.90. The molecule has 1 amide bonds. The van der Waals surface area contributed by atoms with E-state index >= 15 is 0 Å². The molecular formula is C20H15ClF6N6O3S. The number of amides is 1. The van der Waals surface area contributed by atoms with Crippen molar-refractivity contribution in [3.05, 3.63) is 64.3 Å². The van der Waals surface area contributed by atoms with Gasteiger partial charge in [0.15, 0.2) is 0 Å². The molecule has 0 saturated carbocycles. The van der Waals surface area contributed by atoms with Crippen LogP contribution in [0.2, 0.25) is 5.02 Å². The Kier molecular flexibility index (Phi) is 6.98. The second-order valence-electron chi connectivity index (χ2n) is 7.61. The Hall–Kier alpha value is -3.53. The summed E-state index contributed by atoms with van der Waals surface area (Å²) in [7, 11) is -5.62. The Morgan fingerprint density at radius 1 is 1.16 bits per heavy atom. The molecule has 0 aliphatic carbocycles. The summed E-state index contributed by atoms with van der Waals surface area (Å²) in [6.45, 7) is -1.27. The first kappa shape index (κ1) is 26.5. The zero-order chi connectivity index (χ0) is 27.1. The number of pyridine rings is 1. The van der Waals surface area contributed by atoms with Crippen LogP contribution in [0.4, 0.5) is 32.0 Å². The number of alkyl halides is 5. The molecule has 1 aromatic carbocycles. The van der Waals surface area contributed by atoms with Crippen LogP contribution in [0, 0.1) is 5.82 Å². The van der Waals surface area contributed by atoms with Crippen LogP contribution < -0.4 is 10.3 Å². The third-order valence-electron chi connectivity index (χ3n) is 5.23. The Morgan fingerprint density at radius 3 is 2.49 bits per heavy atom. The first-order chi connectivity index (χ1) is 17.3. The number of nitrogens with zero attached hydrogens (tertiary/aromatic N) is 5. The number of nitrogens with one attached hydrogen (secondary N) is 1. The smallest absolute Gasteiger partial charge is 0.347 e. The molecule has 3 heterocycles. The minimum absolute atomic E-state index is 0.00625. The average Bonchev–Trinajstić information content (AvgIpc) is 3.21. The highest BCUT2D eigenvalue weighted by Gasteiger charge is 2.50. The van der Waals surface area contributed by atoms with Gasteiger partial charge in [0.25, 0.3) is 12.3 Å². The molecular weight excluding hydrogens is 554 g/mol. The summed E-state index contributed by atoms with van der Waals surface area (Å²) in [5.74, 6) is -1.79. The van der Waals surface area contributed by atoms with Crippen LogP contribution in [-0.4, -0.2) is 53.0 Å². The number of carbonyl (C=O) groups is 1. The summed E-state index contributed by atoms with van der Waals surface area (Å²) in [6, 6.07) is 6.38. The van der Waals surface area contributed by atoms with Gasteiger partial charge in [-0.15, -0.1) is 0 Å². The first-order valence-corrected chi connectivity index (χ1v) is 12.0. The number of sulfonamides is 1. The largest absolute Gasteiger partial charge is 0.516 e. The predicted octanol–water partition coefficient (Wildman–Crippen LogP) is 3.91. The van der Waals surface area contributed by atoms with Crippen LogP contribution in [-0.2, 0) is 16.6 Å². The van der Waals surface area contributed by atoms with Crippen molar-refractivity contribution >= 4 is 45.2 Å². The fourth-order valence-corrected chi connectivity index (χ4v) is 4.39. The average molecular weight is 569 g/mol. The van der Waals surface area contributed by atoms with Crippen LogP contribution in [0.3, 0.4) is 0 Å². The first-order valence-electron chi connectivity index (χ1n) is 10.2. The minimum Gasteiger partial charge on any atom is -0.347 e. The summed E-state index contributed by atoms with van der Waals surface area (Å²) >= 11 is 5.90. The van der Waals surface area contributed by atoms with Crippen molar-refractivity contribution < 1.29 is 39.6 Å². The summed E-state index contributed by atoms with van der Waals surface area (Å²) in [5, 5.41) is 7.13. The van der Waals surface area contributed by atoms with Gasteiger partial charge in [-0.05, 0) is 29.8 Å². The Labute approximate surface area is 210 Å². The molecule has 3 aromatic rings. The van der Waals surface area contributed by atoms with E-state index in [1.54, 1.807) is 0 Å². The molecule has 198 valence electrons. The predicted molar refractivity (Wildman–Crippen MR) is 120 cm³/mol. The third kappa shape index (κ3) is 5.16. The maximum Gasteiger partial charge on any atom is 0.516 e. The monoisotopic (exact) mass is 568 g/mol. The lowest BCUT2D eigenvalue weighted by molar-refractivity contribution is -0.0471. The zero-order valence-electron chi connectivity index (χ0n) is 18.3. The van der Waals surface area contributed by atoms with Crippen molar-refractivity contribution in [2.75, 3.05) is 18.1 Å². The van der Waals surface area contributed by atoms with Gasteiger partial charge in [0.1, 0.15) is 29.2 Å². The molecule has 4 rings (SSSR count). The van der Waals surface area contributed by atoms with Gasteiger partial charge in [-0.25, -0.2) is 22.5 Å². The SMILES string of the molecule is O=C(NCc1ccc(N2CCN(S(=O)(=O)C(F)(F)F)C=N2)c(F)c1)c1c(C(F)F)nc2ccc(Cl)cn12. The standard InChI is InChI=1S/C20H15ClF6N6O3S/c21-12-2-4-15-30-16(18(23)24)17(32(15)9-12)19(34)28-8-11-1-3-14(13(22)7-11)33-6-5-31(10-29-33)37(35,36)20(25,26)27/h1-4,7,9-10,18H,5-6,8H2,(H,28,34). The molecule has 0 fully saturated rings.